The van der Waals surface area contributed by atoms with Crippen LogP contribution in [0, 0.1) is 0 Å². The number of hydrogen-bond donors (Lipinski definition) is 2. The predicted octanol–water partition coefficient (Wildman–Crippen LogP) is 4.58. The molecule has 7 heteroatoms. The van der Waals surface area contributed by atoms with Crippen molar-refractivity contribution in [3.63, 3.8) is 0 Å². The van der Waals surface area contributed by atoms with Gasteiger partial charge in [-0.2, -0.15) is 13.2 Å². The fourth-order valence-electron chi connectivity index (χ4n) is 2.37. The predicted molar refractivity (Wildman–Crippen MR) is 89.0 cm³/mol. The Morgan fingerprint density at radius 1 is 1.00 bits per heavy atom. The maximum Gasteiger partial charge on any atom is 0.416 e. The third-order valence-electron chi connectivity index (χ3n) is 3.62. The molecule has 2 amide bonds. The Hall–Kier alpha value is -3.09. The van der Waals surface area contributed by atoms with Crippen molar-refractivity contribution in [2.45, 2.75) is 12.7 Å². The fraction of sp³-hybridized carbons (Fsp3) is 0.111. The number of carbonyl (C=O) groups is 1. The first-order valence-electron chi connectivity index (χ1n) is 7.48. The van der Waals surface area contributed by atoms with E-state index < -0.39 is 17.8 Å². The second kappa shape index (κ2) is 6.80. The molecule has 0 bridgehead atoms. The summed E-state index contributed by atoms with van der Waals surface area (Å²) in [4.78, 5) is 16.3. The van der Waals surface area contributed by atoms with Crippen LogP contribution < -0.4 is 10.6 Å². The third kappa shape index (κ3) is 4.06. The minimum absolute atomic E-state index is 0.113. The molecule has 0 radical (unpaired) electrons. The molecule has 25 heavy (non-hydrogen) atoms. The molecule has 0 aliphatic heterocycles. The Labute approximate surface area is 141 Å². The smallest absolute Gasteiger partial charge is 0.334 e. The van der Waals surface area contributed by atoms with Gasteiger partial charge >= 0.3 is 12.2 Å². The van der Waals surface area contributed by atoms with Crippen molar-refractivity contribution in [1.82, 2.24) is 10.3 Å². The van der Waals surface area contributed by atoms with Gasteiger partial charge in [0, 0.05) is 18.1 Å². The Bertz CT molecular complexity index is 887. The summed E-state index contributed by atoms with van der Waals surface area (Å²) in [6.07, 6.45) is -2.74. The molecule has 1 aromatic heterocycles. The first-order chi connectivity index (χ1) is 11.9. The summed E-state index contributed by atoms with van der Waals surface area (Å²) < 4.78 is 37.6. The van der Waals surface area contributed by atoms with E-state index in [0.29, 0.717) is 16.8 Å². The molecule has 0 unspecified atom stereocenters. The maximum absolute atomic E-state index is 12.5. The zero-order chi connectivity index (χ0) is 17.9. The Morgan fingerprint density at radius 2 is 1.72 bits per heavy atom. The highest BCUT2D eigenvalue weighted by Crippen LogP contribution is 2.29. The lowest BCUT2D eigenvalue weighted by molar-refractivity contribution is -0.137. The lowest BCUT2D eigenvalue weighted by Crippen LogP contribution is -2.28. The fourth-order valence-corrected chi connectivity index (χ4v) is 2.37. The Morgan fingerprint density at radius 3 is 2.44 bits per heavy atom. The second-order valence-electron chi connectivity index (χ2n) is 5.38. The average molecular weight is 345 g/mol. The van der Waals surface area contributed by atoms with E-state index >= 15 is 0 Å². The highest BCUT2D eigenvalue weighted by atomic mass is 19.4. The van der Waals surface area contributed by atoms with Gasteiger partial charge in [-0.25, -0.2) is 4.79 Å². The number of aromatic nitrogens is 1. The van der Waals surface area contributed by atoms with Crippen LogP contribution in [-0.2, 0) is 12.7 Å². The van der Waals surface area contributed by atoms with Crippen LogP contribution in [0.15, 0.2) is 60.8 Å². The summed E-state index contributed by atoms with van der Waals surface area (Å²) in [6, 6.07) is 13.3. The molecule has 128 valence electrons. The minimum atomic E-state index is -4.37. The lowest BCUT2D eigenvalue weighted by atomic mass is 10.1. The zero-order valence-corrected chi connectivity index (χ0v) is 13.0. The van der Waals surface area contributed by atoms with Gasteiger partial charge in [0.2, 0.25) is 0 Å². The summed E-state index contributed by atoms with van der Waals surface area (Å²) in [7, 11) is 0. The molecule has 0 atom stereocenters. The second-order valence-corrected chi connectivity index (χ2v) is 5.38. The number of urea groups is 1. The van der Waals surface area contributed by atoms with E-state index in [1.165, 1.54) is 12.1 Å². The van der Waals surface area contributed by atoms with E-state index in [-0.39, 0.29) is 6.54 Å². The SMILES string of the molecule is O=C(NCc1ccc(C(F)(F)F)cc1)Nc1cccc2cccnc12. The molecule has 0 saturated heterocycles. The molecular weight excluding hydrogens is 331 g/mol. The number of fused-ring (bicyclic) bond motifs is 1. The van der Waals surface area contributed by atoms with Crippen LogP contribution in [0.2, 0.25) is 0 Å². The van der Waals surface area contributed by atoms with Gasteiger partial charge in [-0.05, 0) is 29.8 Å². The van der Waals surface area contributed by atoms with Gasteiger partial charge in [0.1, 0.15) is 0 Å². The highest BCUT2D eigenvalue weighted by Gasteiger charge is 2.29. The molecular formula is C18H14F3N3O. The third-order valence-corrected chi connectivity index (χ3v) is 3.62. The quantitative estimate of drug-likeness (QED) is 0.730. The van der Waals surface area contributed by atoms with Crippen molar-refractivity contribution in [1.29, 1.82) is 0 Å². The topological polar surface area (TPSA) is 54.0 Å². The van der Waals surface area contributed by atoms with Crippen LogP contribution in [0.3, 0.4) is 0 Å². The van der Waals surface area contributed by atoms with Gasteiger partial charge < -0.3 is 10.6 Å². The largest absolute Gasteiger partial charge is 0.416 e. The Balaban J connectivity index is 1.63. The number of alkyl halides is 3. The number of rotatable bonds is 3. The average Bonchev–Trinajstić information content (AvgIpc) is 2.60. The number of para-hydroxylation sites is 1. The van der Waals surface area contributed by atoms with Crippen molar-refractivity contribution in [2.24, 2.45) is 0 Å². The van der Waals surface area contributed by atoms with Crippen molar-refractivity contribution >= 4 is 22.6 Å². The molecule has 3 aromatic rings. The zero-order valence-electron chi connectivity index (χ0n) is 13.0. The van der Waals surface area contributed by atoms with Crippen LogP contribution in [-0.4, -0.2) is 11.0 Å². The Kier molecular flexibility index (Phi) is 4.56. The lowest BCUT2D eigenvalue weighted by Gasteiger charge is -2.10. The van der Waals surface area contributed by atoms with Gasteiger partial charge in [0.25, 0.3) is 0 Å². The van der Waals surface area contributed by atoms with Crippen LogP contribution in [0.5, 0.6) is 0 Å². The van der Waals surface area contributed by atoms with Crippen molar-refractivity contribution in [2.75, 3.05) is 5.32 Å². The number of carbonyl (C=O) groups excluding carboxylic acids is 1. The minimum Gasteiger partial charge on any atom is -0.334 e. The standard InChI is InChI=1S/C18H14F3N3O/c19-18(20,21)14-8-6-12(7-9-14)11-23-17(25)24-15-5-1-3-13-4-2-10-22-16(13)15/h1-10H,11H2,(H2,23,24,25). The molecule has 0 aliphatic rings. The van der Waals surface area contributed by atoms with Gasteiger partial charge in [-0.1, -0.05) is 30.3 Å². The van der Waals surface area contributed by atoms with Crippen molar-refractivity contribution in [3.8, 4) is 0 Å². The van der Waals surface area contributed by atoms with Gasteiger partial charge in [0.15, 0.2) is 0 Å². The van der Waals surface area contributed by atoms with Crippen molar-refractivity contribution in [3.05, 3.63) is 71.9 Å². The number of halogens is 3. The molecule has 2 aromatic carbocycles. The molecule has 4 nitrogen and oxygen atoms in total. The van der Waals surface area contributed by atoms with Crippen molar-refractivity contribution < 1.29 is 18.0 Å². The van der Waals surface area contributed by atoms with E-state index in [9.17, 15) is 18.0 Å². The molecule has 0 saturated carbocycles. The summed E-state index contributed by atoms with van der Waals surface area (Å²) in [5.74, 6) is 0. The highest BCUT2D eigenvalue weighted by molar-refractivity contribution is 5.99. The number of pyridine rings is 1. The number of benzene rings is 2. The van der Waals surface area contributed by atoms with Crippen LogP contribution >= 0.6 is 0 Å². The van der Waals surface area contributed by atoms with E-state index in [4.69, 9.17) is 0 Å². The van der Waals surface area contributed by atoms with Crippen LogP contribution in [0.4, 0.5) is 23.7 Å². The van der Waals surface area contributed by atoms with E-state index in [1.807, 2.05) is 12.1 Å². The summed E-state index contributed by atoms with van der Waals surface area (Å²) >= 11 is 0. The van der Waals surface area contributed by atoms with Crippen LogP contribution in [0.1, 0.15) is 11.1 Å². The normalized spacial score (nSPS) is 11.3. The molecule has 1 heterocycles. The van der Waals surface area contributed by atoms with Gasteiger partial charge in [-0.3, -0.25) is 4.98 Å². The molecule has 3 rings (SSSR count). The van der Waals surface area contributed by atoms with E-state index in [0.717, 1.165) is 17.5 Å². The van der Waals surface area contributed by atoms with E-state index in [1.54, 1.807) is 24.4 Å². The van der Waals surface area contributed by atoms with Crippen LogP contribution in [0.25, 0.3) is 10.9 Å². The van der Waals surface area contributed by atoms with Gasteiger partial charge in [-0.15, -0.1) is 0 Å². The molecule has 2 N–H and O–H groups in total. The summed E-state index contributed by atoms with van der Waals surface area (Å²) in [5, 5.41) is 6.20. The number of nitrogens with zero attached hydrogens (tertiary/aromatic N) is 1. The number of nitrogens with one attached hydrogen (secondary N) is 2. The monoisotopic (exact) mass is 345 g/mol. The van der Waals surface area contributed by atoms with E-state index in [2.05, 4.69) is 15.6 Å². The molecule has 0 spiro atoms. The first kappa shape index (κ1) is 16.8. The molecule has 0 aliphatic carbocycles. The number of hydrogen-bond acceptors (Lipinski definition) is 2. The number of anilines is 1. The first-order valence-corrected chi connectivity index (χ1v) is 7.48. The summed E-state index contributed by atoms with van der Waals surface area (Å²) in [6.45, 7) is 0.113. The number of amides is 2. The van der Waals surface area contributed by atoms with Gasteiger partial charge in [0.05, 0.1) is 16.8 Å². The molecule has 0 fully saturated rings. The maximum atomic E-state index is 12.5. The summed E-state index contributed by atoms with van der Waals surface area (Å²) in [5.41, 5.74) is 1.07.